The monoisotopic (exact) mass is 418 g/mol. The summed E-state index contributed by atoms with van der Waals surface area (Å²) in [7, 11) is 3.13. The van der Waals surface area contributed by atoms with Crippen LogP contribution in [0.3, 0.4) is 0 Å². The van der Waals surface area contributed by atoms with Crippen LogP contribution in [0.1, 0.15) is 0 Å². The van der Waals surface area contributed by atoms with Crippen LogP contribution in [0.25, 0.3) is 33.2 Å². The van der Waals surface area contributed by atoms with Gasteiger partial charge in [0, 0.05) is 41.0 Å². The second-order valence-electron chi connectivity index (χ2n) is 6.58. The van der Waals surface area contributed by atoms with Crippen molar-refractivity contribution < 1.29 is 14.2 Å². The van der Waals surface area contributed by atoms with Crippen LogP contribution in [0, 0.1) is 0 Å². The molecular formula is C20H18N8O3. The van der Waals surface area contributed by atoms with E-state index >= 15 is 0 Å². The third-order valence-corrected chi connectivity index (χ3v) is 4.82. The summed E-state index contributed by atoms with van der Waals surface area (Å²) < 4.78 is 18.3. The summed E-state index contributed by atoms with van der Waals surface area (Å²) >= 11 is 0. The number of nitrogens with zero attached hydrogens (tertiary/aromatic N) is 7. The average Bonchev–Trinajstić information content (AvgIpc) is 3.47. The van der Waals surface area contributed by atoms with E-state index < -0.39 is 0 Å². The molecule has 0 aliphatic carbocycles. The van der Waals surface area contributed by atoms with Gasteiger partial charge in [-0.3, -0.25) is 0 Å². The standard InChI is InChI=1S/C20H18N8O3/c1-29-16-7-12-15(8-17(16)31-6-5-28-4-3-25-27-28)23-11-24-18(12)13-9-21-19-14(13)10-22-20(26-19)30-2/h3-4,7-11H,5-6H2,1-2H3,(H,21,22,26). The lowest BCUT2D eigenvalue weighted by atomic mass is 10.1. The van der Waals surface area contributed by atoms with Gasteiger partial charge in [-0.1, -0.05) is 5.21 Å². The Hall–Kier alpha value is -4.28. The van der Waals surface area contributed by atoms with Gasteiger partial charge in [-0.25, -0.2) is 19.6 Å². The lowest BCUT2D eigenvalue weighted by Gasteiger charge is -2.13. The summed E-state index contributed by atoms with van der Waals surface area (Å²) in [4.78, 5) is 20.6. The van der Waals surface area contributed by atoms with E-state index in [4.69, 9.17) is 14.2 Å². The van der Waals surface area contributed by atoms with Gasteiger partial charge in [0.05, 0.1) is 38.2 Å². The van der Waals surface area contributed by atoms with Gasteiger partial charge in [0.2, 0.25) is 0 Å². The molecule has 0 atom stereocenters. The molecule has 156 valence electrons. The maximum Gasteiger partial charge on any atom is 0.318 e. The number of hydrogen-bond donors (Lipinski definition) is 1. The number of aromatic amines is 1. The number of methoxy groups -OCH3 is 2. The van der Waals surface area contributed by atoms with Crippen LogP contribution >= 0.6 is 0 Å². The van der Waals surface area contributed by atoms with Crippen LogP contribution in [0.2, 0.25) is 0 Å². The van der Waals surface area contributed by atoms with Crippen molar-refractivity contribution in [1.29, 1.82) is 0 Å². The highest BCUT2D eigenvalue weighted by molar-refractivity contribution is 6.02. The summed E-state index contributed by atoms with van der Waals surface area (Å²) in [5.74, 6) is 1.17. The van der Waals surface area contributed by atoms with Crippen molar-refractivity contribution in [2.45, 2.75) is 6.54 Å². The molecule has 0 fully saturated rings. The second kappa shape index (κ2) is 7.86. The van der Waals surface area contributed by atoms with E-state index in [9.17, 15) is 0 Å². The van der Waals surface area contributed by atoms with E-state index in [1.165, 1.54) is 13.4 Å². The number of hydrogen-bond acceptors (Lipinski definition) is 9. The topological polar surface area (TPSA) is 126 Å². The van der Waals surface area contributed by atoms with Gasteiger partial charge in [0.15, 0.2) is 11.5 Å². The summed E-state index contributed by atoms with van der Waals surface area (Å²) in [6, 6.07) is 4.01. The number of H-pyrrole nitrogens is 1. The van der Waals surface area contributed by atoms with Crippen molar-refractivity contribution in [3.63, 3.8) is 0 Å². The second-order valence-corrected chi connectivity index (χ2v) is 6.58. The predicted octanol–water partition coefficient (Wildman–Crippen LogP) is 2.26. The molecule has 0 radical (unpaired) electrons. The third-order valence-electron chi connectivity index (χ3n) is 4.82. The molecule has 5 aromatic rings. The van der Waals surface area contributed by atoms with Crippen molar-refractivity contribution in [3.05, 3.63) is 43.2 Å². The Morgan fingerprint density at radius 3 is 2.77 bits per heavy atom. The van der Waals surface area contributed by atoms with E-state index in [-0.39, 0.29) is 0 Å². The first-order valence-corrected chi connectivity index (χ1v) is 9.45. The van der Waals surface area contributed by atoms with E-state index in [1.54, 1.807) is 30.4 Å². The van der Waals surface area contributed by atoms with Crippen LogP contribution in [0.15, 0.2) is 43.2 Å². The highest BCUT2D eigenvalue weighted by Gasteiger charge is 2.16. The maximum atomic E-state index is 5.92. The zero-order chi connectivity index (χ0) is 21.2. The van der Waals surface area contributed by atoms with Gasteiger partial charge in [0.1, 0.15) is 18.6 Å². The molecule has 1 aromatic carbocycles. The highest BCUT2D eigenvalue weighted by Crippen LogP contribution is 2.37. The van der Waals surface area contributed by atoms with Gasteiger partial charge < -0.3 is 19.2 Å². The van der Waals surface area contributed by atoms with E-state index in [1.807, 2.05) is 18.3 Å². The number of nitrogens with one attached hydrogen (secondary N) is 1. The first-order chi connectivity index (χ1) is 15.3. The van der Waals surface area contributed by atoms with Crippen molar-refractivity contribution in [1.82, 2.24) is 39.9 Å². The van der Waals surface area contributed by atoms with Gasteiger partial charge in [-0.15, -0.1) is 5.10 Å². The number of rotatable bonds is 7. The molecule has 0 spiro atoms. The fourth-order valence-electron chi connectivity index (χ4n) is 3.34. The van der Waals surface area contributed by atoms with Crippen molar-refractivity contribution in [3.8, 4) is 28.8 Å². The molecule has 11 nitrogen and oxygen atoms in total. The molecule has 11 heteroatoms. The quantitative estimate of drug-likeness (QED) is 0.423. The predicted molar refractivity (Wildman–Crippen MR) is 111 cm³/mol. The Kier molecular flexibility index (Phi) is 4.75. The third kappa shape index (κ3) is 3.45. The minimum Gasteiger partial charge on any atom is -0.493 e. The van der Waals surface area contributed by atoms with Gasteiger partial charge in [-0.2, -0.15) is 4.98 Å². The Labute approximate surface area is 176 Å². The normalized spacial score (nSPS) is 11.2. The number of aromatic nitrogens is 8. The Morgan fingerprint density at radius 2 is 1.97 bits per heavy atom. The minimum absolute atomic E-state index is 0.294. The fourth-order valence-corrected chi connectivity index (χ4v) is 3.34. The summed E-state index contributed by atoms with van der Waals surface area (Å²) in [5, 5.41) is 9.36. The molecule has 31 heavy (non-hydrogen) atoms. The van der Waals surface area contributed by atoms with Crippen LogP contribution < -0.4 is 14.2 Å². The van der Waals surface area contributed by atoms with Crippen LogP contribution in [0.4, 0.5) is 0 Å². The molecule has 0 saturated carbocycles. The zero-order valence-corrected chi connectivity index (χ0v) is 16.8. The molecule has 0 aliphatic rings. The highest BCUT2D eigenvalue weighted by atomic mass is 16.5. The zero-order valence-electron chi connectivity index (χ0n) is 16.8. The van der Waals surface area contributed by atoms with Gasteiger partial charge in [0.25, 0.3) is 0 Å². The maximum absolute atomic E-state index is 5.92. The molecule has 4 heterocycles. The van der Waals surface area contributed by atoms with E-state index in [2.05, 4.69) is 35.2 Å². The first kappa shape index (κ1) is 18.7. The number of benzene rings is 1. The molecule has 4 aromatic heterocycles. The van der Waals surface area contributed by atoms with Crippen molar-refractivity contribution in [2.75, 3.05) is 20.8 Å². The molecular weight excluding hydrogens is 400 g/mol. The molecule has 0 bridgehead atoms. The van der Waals surface area contributed by atoms with Crippen molar-refractivity contribution >= 4 is 21.9 Å². The largest absolute Gasteiger partial charge is 0.493 e. The van der Waals surface area contributed by atoms with Crippen LogP contribution in [-0.2, 0) is 6.54 Å². The van der Waals surface area contributed by atoms with E-state index in [0.29, 0.717) is 36.3 Å². The molecule has 5 rings (SSSR count). The van der Waals surface area contributed by atoms with Crippen molar-refractivity contribution in [2.24, 2.45) is 0 Å². The minimum atomic E-state index is 0.294. The summed E-state index contributed by atoms with van der Waals surface area (Å²) in [6.07, 6.45) is 8.48. The lowest BCUT2D eigenvalue weighted by Crippen LogP contribution is -2.09. The molecule has 0 unspecified atom stereocenters. The Balaban J connectivity index is 1.53. The average molecular weight is 418 g/mol. The fraction of sp³-hybridized carbons (Fsp3) is 0.200. The Morgan fingerprint density at radius 1 is 1.03 bits per heavy atom. The molecule has 0 aliphatic heterocycles. The van der Waals surface area contributed by atoms with Crippen LogP contribution in [0.5, 0.6) is 17.5 Å². The van der Waals surface area contributed by atoms with Gasteiger partial charge >= 0.3 is 6.01 Å². The molecule has 0 amide bonds. The first-order valence-electron chi connectivity index (χ1n) is 9.45. The molecule has 1 N–H and O–H groups in total. The summed E-state index contributed by atoms with van der Waals surface area (Å²) in [5.41, 5.74) is 2.98. The number of ether oxygens (including phenoxy) is 3. The smallest absolute Gasteiger partial charge is 0.318 e. The van der Waals surface area contributed by atoms with Crippen LogP contribution in [-0.4, -0.2) is 60.7 Å². The lowest BCUT2D eigenvalue weighted by molar-refractivity contribution is 0.273. The SMILES string of the molecule is COc1ncc2c(-c3ncnc4cc(OCCn5ccnn5)c(OC)cc34)c[nH]c2n1. The van der Waals surface area contributed by atoms with E-state index in [0.717, 1.165) is 27.5 Å². The Bertz CT molecular complexity index is 1350. The summed E-state index contributed by atoms with van der Waals surface area (Å²) in [6.45, 7) is 0.972. The number of fused-ring (bicyclic) bond motifs is 2. The van der Waals surface area contributed by atoms with Gasteiger partial charge in [-0.05, 0) is 6.07 Å². The molecule has 0 saturated heterocycles.